The molecule has 1 rings (SSSR count). The Hall–Kier alpha value is -1.69. The predicted octanol–water partition coefficient (Wildman–Crippen LogP) is 2.18. The number of nitrogens with one attached hydrogen (secondary N) is 1. The first kappa shape index (κ1) is 15.4. The molecule has 1 heterocycles. The minimum absolute atomic E-state index is 0.119. The fourth-order valence-corrected chi connectivity index (χ4v) is 2.38. The van der Waals surface area contributed by atoms with E-state index in [9.17, 15) is 14.4 Å². The van der Waals surface area contributed by atoms with Crippen molar-refractivity contribution in [3.63, 3.8) is 0 Å². The van der Waals surface area contributed by atoms with E-state index >= 15 is 0 Å². The Morgan fingerprint density at radius 3 is 2.47 bits per heavy atom. The van der Waals surface area contributed by atoms with Crippen LogP contribution in [0.4, 0.5) is 0 Å². The lowest BCUT2D eigenvalue weighted by atomic mass is 9.99. The predicted molar refractivity (Wildman–Crippen MR) is 72.7 cm³/mol. The van der Waals surface area contributed by atoms with Crippen molar-refractivity contribution < 1.29 is 19.5 Å². The summed E-state index contributed by atoms with van der Waals surface area (Å²) in [5.74, 6) is -1.78. The summed E-state index contributed by atoms with van der Waals surface area (Å²) >= 11 is 1.13. The van der Waals surface area contributed by atoms with Gasteiger partial charge in [0.2, 0.25) is 0 Å². The molecule has 2 N–H and O–H groups in total. The molecule has 0 radical (unpaired) electrons. The maximum absolute atomic E-state index is 11.9. The van der Waals surface area contributed by atoms with E-state index in [1.807, 2.05) is 6.92 Å². The van der Waals surface area contributed by atoms with Gasteiger partial charge < -0.3 is 10.4 Å². The van der Waals surface area contributed by atoms with E-state index in [0.717, 1.165) is 11.3 Å². The summed E-state index contributed by atoms with van der Waals surface area (Å²) in [7, 11) is 0. The highest BCUT2D eigenvalue weighted by molar-refractivity contribution is 7.12. The molecule has 5 nitrogen and oxygen atoms in total. The molecule has 0 aliphatic rings. The van der Waals surface area contributed by atoms with Gasteiger partial charge in [0, 0.05) is 10.9 Å². The second-order valence-corrected chi connectivity index (χ2v) is 5.34. The minimum atomic E-state index is -1.05. The number of Topliss-reactive ketones (excluding diaryl/α,β-unsaturated/α-hetero) is 1. The first-order valence-corrected chi connectivity index (χ1v) is 6.87. The van der Waals surface area contributed by atoms with Gasteiger partial charge >= 0.3 is 5.97 Å². The Balaban J connectivity index is 2.81. The molecule has 0 unspecified atom stereocenters. The molecule has 104 valence electrons. The number of hydrogen-bond acceptors (Lipinski definition) is 4. The second-order valence-electron chi connectivity index (χ2n) is 4.43. The lowest BCUT2D eigenvalue weighted by molar-refractivity contribution is -0.140. The highest BCUT2D eigenvalue weighted by atomic mass is 32.1. The molecule has 2 atom stereocenters. The van der Waals surface area contributed by atoms with Crippen LogP contribution in [-0.2, 0) is 4.79 Å². The number of carboxylic acid groups (broad SMARTS) is 1. The van der Waals surface area contributed by atoms with E-state index in [4.69, 9.17) is 5.11 Å². The van der Waals surface area contributed by atoms with E-state index in [-0.39, 0.29) is 11.7 Å². The molecule has 0 aliphatic carbocycles. The van der Waals surface area contributed by atoms with Crippen molar-refractivity contribution in [3.8, 4) is 0 Å². The third-order valence-electron chi connectivity index (χ3n) is 3.00. The Kier molecular flexibility index (Phi) is 5.23. The monoisotopic (exact) mass is 283 g/mol. The normalized spacial score (nSPS) is 13.6. The van der Waals surface area contributed by atoms with Gasteiger partial charge in [-0.25, -0.2) is 4.79 Å². The van der Waals surface area contributed by atoms with Gasteiger partial charge in [-0.3, -0.25) is 9.59 Å². The van der Waals surface area contributed by atoms with E-state index in [1.165, 1.54) is 13.0 Å². The van der Waals surface area contributed by atoms with Gasteiger partial charge in [0.15, 0.2) is 5.78 Å². The molecule has 0 fully saturated rings. The molecule has 0 bridgehead atoms. The Morgan fingerprint density at radius 2 is 2.05 bits per heavy atom. The Labute approximate surface area is 115 Å². The highest BCUT2D eigenvalue weighted by Crippen LogP contribution is 2.16. The average Bonchev–Trinajstić information content (AvgIpc) is 2.84. The van der Waals surface area contributed by atoms with Gasteiger partial charge in [0.05, 0.1) is 4.88 Å². The average molecular weight is 283 g/mol. The van der Waals surface area contributed by atoms with Crippen LogP contribution >= 0.6 is 11.3 Å². The maximum atomic E-state index is 11.9. The zero-order valence-electron chi connectivity index (χ0n) is 11.1. The maximum Gasteiger partial charge on any atom is 0.326 e. The number of carboxylic acids is 1. The van der Waals surface area contributed by atoms with Crippen molar-refractivity contribution in [2.45, 2.75) is 33.2 Å². The van der Waals surface area contributed by atoms with Crippen LogP contribution in [-0.4, -0.2) is 28.8 Å². The fraction of sp³-hybridized carbons (Fsp3) is 0.462. The molecule has 1 aromatic heterocycles. The van der Waals surface area contributed by atoms with Crippen molar-refractivity contribution in [1.29, 1.82) is 0 Å². The summed E-state index contributed by atoms with van der Waals surface area (Å²) in [6.07, 6.45) is 0.653. The van der Waals surface area contributed by atoms with Crippen molar-refractivity contribution >= 4 is 29.0 Å². The quantitative estimate of drug-likeness (QED) is 0.784. The largest absolute Gasteiger partial charge is 0.480 e. The molecule has 0 aliphatic heterocycles. The summed E-state index contributed by atoms with van der Waals surface area (Å²) in [6, 6.07) is 0.568. The van der Waals surface area contributed by atoms with E-state index in [0.29, 0.717) is 16.9 Å². The van der Waals surface area contributed by atoms with Gasteiger partial charge in [-0.05, 0) is 18.9 Å². The number of rotatable bonds is 6. The van der Waals surface area contributed by atoms with Crippen molar-refractivity contribution in [3.05, 3.63) is 21.9 Å². The first-order chi connectivity index (χ1) is 8.86. The molecular formula is C13H17NO4S. The van der Waals surface area contributed by atoms with Crippen LogP contribution in [0.3, 0.4) is 0 Å². The van der Waals surface area contributed by atoms with Crippen LogP contribution in [0.25, 0.3) is 0 Å². The topological polar surface area (TPSA) is 83.5 Å². The van der Waals surface area contributed by atoms with Crippen LogP contribution in [0, 0.1) is 5.92 Å². The number of amides is 1. The van der Waals surface area contributed by atoms with E-state index < -0.39 is 17.9 Å². The number of aliphatic carboxylic acids is 1. The second kappa shape index (κ2) is 6.47. The zero-order valence-corrected chi connectivity index (χ0v) is 11.9. The van der Waals surface area contributed by atoms with E-state index in [2.05, 4.69) is 5.32 Å². The van der Waals surface area contributed by atoms with Crippen LogP contribution in [0.5, 0.6) is 0 Å². The minimum Gasteiger partial charge on any atom is -0.480 e. The summed E-state index contributed by atoms with van der Waals surface area (Å²) < 4.78 is 0. The molecule has 1 amide bonds. The van der Waals surface area contributed by atoms with Crippen molar-refractivity contribution in [2.75, 3.05) is 0 Å². The first-order valence-electron chi connectivity index (χ1n) is 6.00. The molecule has 6 heteroatoms. The van der Waals surface area contributed by atoms with Crippen molar-refractivity contribution in [1.82, 2.24) is 5.32 Å². The standard InChI is InChI=1S/C13H17NO4S/c1-4-7(2)11(13(17)18)14-12(16)10-5-9(6-19-10)8(3)15/h5-7,11H,4H2,1-3H3,(H,14,16)(H,17,18)/t7-,11-/m0/s1. The fourth-order valence-electron chi connectivity index (χ4n) is 1.54. The summed E-state index contributed by atoms with van der Waals surface area (Å²) in [4.78, 5) is 34.5. The van der Waals surface area contributed by atoms with Crippen LogP contribution < -0.4 is 5.32 Å². The van der Waals surface area contributed by atoms with Gasteiger partial charge in [-0.1, -0.05) is 20.3 Å². The Morgan fingerprint density at radius 1 is 1.42 bits per heavy atom. The molecule has 0 saturated heterocycles. The van der Waals surface area contributed by atoms with Gasteiger partial charge in [-0.2, -0.15) is 0 Å². The summed E-state index contributed by atoms with van der Waals surface area (Å²) in [5.41, 5.74) is 0.463. The highest BCUT2D eigenvalue weighted by Gasteiger charge is 2.26. The molecule has 0 saturated carbocycles. The molecular weight excluding hydrogens is 266 g/mol. The summed E-state index contributed by atoms with van der Waals surface area (Å²) in [5, 5.41) is 13.2. The molecule has 0 aromatic carbocycles. The SMILES string of the molecule is CC[C@H](C)[C@H](NC(=O)c1cc(C(C)=O)cs1)C(=O)O. The number of carbonyl (C=O) groups is 3. The van der Waals surface area contributed by atoms with Crippen molar-refractivity contribution in [2.24, 2.45) is 5.92 Å². The van der Waals surface area contributed by atoms with Gasteiger partial charge in [-0.15, -0.1) is 11.3 Å². The molecule has 0 spiro atoms. The Bertz CT molecular complexity index is 495. The number of hydrogen-bond donors (Lipinski definition) is 2. The smallest absolute Gasteiger partial charge is 0.326 e. The number of thiophene rings is 1. The molecule has 19 heavy (non-hydrogen) atoms. The zero-order chi connectivity index (χ0) is 14.6. The van der Waals surface area contributed by atoms with Gasteiger partial charge in [0.25, 0.3) is 5.91 Å². The third-order valence-corrected chi connectivity index (χ3v) is 3.92. The lowest BCUT2D eigenvalue weighted by Crippen LogP contribution is -2.44. The lowest BCUT2D eigenvalue weighted by Gasteiger charge is -2.19. The number of ketones is 1. The van der Waals surface area contributed by atoms with Crippen LogP contribution in [0.2, 0.25) is 0 Å². The summed E-state index contributed by atoms with van der Waals surface area (Å²) in [6.45, 7) is 5.06. The van der Waals surface area contributed by atoms with E-state index in [1.54, 1.807) is 12.3 Å². The van der Waals surface area contributed by atoms with Crippen LogP contribution in [0.15, 0.2) is 11.4 Å². The third kappa shape index (κ3) is 3.89. The number of carbonyl (C=O) groups excluding carboxylic acids is 2. The van der Waals surface area contributed by atoms with Gasteiger partial charge in [0.1, 0.15) is 6.04 Å². The molecule has 1 aromatic rings. The van der Waals surface area contributed by atoms with Crippen LogP contribution in [0.1, 0.15) is 47.2 Å².